The minimum Gasteiger partial charge on any atom is -0.298 e. The second kappa shape index (κ2) is 2.75. The summed E-state index contributed by atoms with van der Waals surface area (Å²) in [7, 11) is 0. The van der Waals surface area contributed by atoms with Crippen LogP contribution in [0.25, 0.3) is 0 Å². The van der Waals surface area contributed by atoms with Gasteiger partial charge in [0.15, 0.2) is 0 Å². The molecule has 2 N–H and O–H groups in total. The van der Waals surface area contributed by atoms with Crippen LogP contribution in [0.4, 0.5) is 0 Å². The van der Waals surface area contributed by atoms with Gasteiger partial charge in [-0.2, -0.15) is 0 Å². The number of hydrogen-bond acceptors (Lipinski definition) is 4. The molecule has 1 heterocycles. The van der Waals surface area contributed by atoms with Gasteiger partial charge in [0.05, 0.1) is 13.1 Å². The van der Waals surface area contributed by atoms with Crippen molar-refractivity contribution in [2.24, 2.45) is 0 Å². The molecule has 0 aliphatic carbocycles. The molecule has 1 saturated heterocycles. The van der Waals surface area contributed by atoms with Crippen molar-refractivity contribution < 1.29 is 4.92 Å². The van der Waals surface area contributed by atoms with E-state index in [4.69, 9.17) is 0 Å². The van der Waals surface area contributed by atoms with Crippen LogP contribution in [0.15, 0.2) is 0 Å². The number of nitro groups is 1. The quantitative estimate of drug-likeness (QED) is 0.346. The third-order valence-corrected chi connectivity index (χ3v) is 1.31. The molecule has 9 heavy (non-hydrogen) atoms. The number of rotatable bonds is 1. The second-order valence-electron chi connectivity index (χ2n) is 2.02. The van der Waals surface area contributed by atoms with Crippen LogP contribution in [0.2, 0.25) is 0 Å². The van der Waals surface area contributed by atoms with Gasteiger partial charge in [-0.3, -0.25) is 20.7 Å². The summed E-state index contributed by atoms with van der Waals surface area (Å²) < 4.78 is 0. The monoisotopic (exact) mass is 131 g/mol. The van der Waals surface area contributed by atoms with E-state index in [9.17, 15) is 10.1 Å². The molecule has 0 radical (unpaired) electrons. The molecule has 0 aromatic heterocycles. The molecule has 52 valence electrons. The molecular formula is C4H9N3O2. The predicted molar refractivity (Wildman–Crippen MR) is 31.7 cm³/mol. The molecule has 0 aromatic rings. The standard InChI is InChI=1S/C4H9N3O2/c8-7(9)4-1-5-3-6-2-4/h4-6H,1-3H2. The summed E-state index contributed by atoms with van der Waals surface area (Å²) in [4.78, 5) is 9.82. The van der Waals surface area contributed by atoms with Crippen molar-refractivity contribution in [3.63, 3.8) is 0 Å². The molecule has 0 unspecified atom stereocenters. The molecular weight excluding hydrogens is 122 g/mol. The van der Waals surface area contributed by atoms with Crippen LogP contribution in [-0.2, 0) is 0 Å². The fraction of sp³-hybridized carbons (Fsp3) is 1.00. The van der Waals surface area contributed by atoms with E-state index in [1.807, 2.05) is 0 Å². The molecule has 1 rings (SSSR count). The average Bonchev–Trinajstić information content (AvgIpc) is 1.90. The van der Waals surface area contributed by atoms with Gasteiger partial charge >= 0.3 is 0 Å². The Labute approximate surface area is 52.6 Å². The molecule has 0 aromatic carbocycles. The van der Waals surface area contributed by atoms with Crippen LogP contribution < -0.4 is 10.6 Å². The van der Waals surface area contributed by atoms with Gasteiger partial charge in [0.25, 0.3) is 0 Å². The highest BCUT2D eigenvalue weighted by Crippen LogP contribution is 1.88. The van der Waals surface area contributed by atoms with Crippen molar-refractivity contribution in [1.29, 1.82) is 0 Å². The van der Waals surface area contributed by atoms with E-state index in [0.717, 1.165) is 0 Å². The van der Waals surface area contributed by atoms with E-state index in [1.54, 1.807) is 0 Å². The number of nitrogens with zero attached hydrogens (tertiary/aromatic N) is 1. The van der Waals surface area contributed by atoms with E-state index in [1.165, 1.54) is 0 Å². The van der Waals surface area contributed by atoms with Crippen molar-refractivity contribution in [3.8, 4) is 0 Å². The topological polar surface area (TPSA) is 67.2 Å². The summed E-state index contributed by atoms with van der Waals surface area (Å²) in [5, 5.41) is 15.8. The van der Waals surface area contributed by atoms with Gasteiger partial charge in [0.2, 0.25) is 6.04 Å². The lowest BCUT2D eigenvalue weighted by Crippen LogP contribution is -2.50. The Bertz CT molecular complexity index is 110. The number of hydrogen-bond donors (Lipinski definition) is 2. The Morgan fingerprint density at radius 1 is 1.44 bits per heavy atom. The molecule has 0 bridgehead atoms. The highest BCUT2D eigenvalue weighted by atomic mass is 16.6. The fourth-order valence-corrected chi connectivity index (χ4v) is 0.787. The zero-order valence-electron chi connectivity index (χ0n) is 4.96. The SMILES string of the molecule is O=[N+]([O-])C1CNCNC1. The van der Waals surface area contributed by atoms with Crippen molar-refractivity contribution in [1.82, 2.24) is 10.6 Å². The van der Waals surface area contributed by atoms with Crippen LogP contribution in [-0.4, -0.2) is 30.7 Å². The smallest absolute Gasteiger partial charge is 0.237 e. The van der Waals surface area contributed by atoms with Crippen molar-refractivity contribution >= 4 is 0 Å². The van der Waals surface area contributed by atoms with Gasteiger partial charge < -0.3 is 0 Å². The molecule has 0 atom stereocenters. The van der Waals surface area contributed by atoms with Crippen LogP contribution in [0.5, 0.6) is 0 Å². The molecule has 1 fully saturated rings. The summed E-state index contributed by atoms with van der Waals surface area (Å²) in [6, 6.07) is -0.446. The van der Waals surface area contributed by atoms with Gasteiger partial charge in [-0.1, -0.05) is 0 Å². The summed E-state index contributed by atoms with van der Waals surface area (Å²) in [5.41, 5.74) is 0. The Kier molecular flexibility index (Phi) is 1.96. The van der Waals surface area contributed by atoms with E-state index in [0.29, 0.717) is 19.8 Å². The lowest BCUT2D eigenvalue weighted by molar-refractivity contribution is -0.519. The van der Waals surface area contributed by atoms with Gasteiger partial charge in [0.1, 0.15) is 0 Å². The number of nitrogens with one attached hydrogen (secondary N) is 2. The molecule has 0 spiro atoms. The first kappa shape index (κ1) is 6.44. The van der Waals surface area contributed by atoms with Crippen LogP contribution >= 0.6 is 0 Å². The van der Waals surface area contributed by atoms with E-state index >= 15 is 0 Å². The van der Waals surface area contributed by atoms with Crippen LogP contribution in [0.3, 0.4) is 0 Å². The van der Waals surface area contributed by atoms with Gasteiger partial charge in [0, 0.05) is 11.6 Å². The van der Waals surface area contributed by atoms with Gasteiger partial charge in [-0.15, -0.1) is 0 Å². The maximum absolute atomic E-state index is 10.1. The van der Waals surface area contributed by atoms with Crippen molar-refractivity contribution in [2.45, 2.75) is 6.04 Å². The van der Waals surface area contributed by atoms with Crippen LogP contribution in [0.1, 0.15) is 0 Å². The highest BCUT2D eigenvalue weighted by molar-refractivity contribution is 4.67. The first-order valence-corrected chi connectivity index (χ1v) is 2.85. The first-order chi connectivity index (χ1) is 4.30. The largest absolute Gasteiger partial charge is 0.298 e. The fourth-order valence-electron chi connectivity index (χ4n) is 0.787. The summed E-state index contributed by atoms with van der Waals surface area (Å²) in [6.45, 7) is 1.66. The van der Waals surface area contributed by atoms with Gasteiger partial charge in [-0.05, 0) is 0 Å². The highest BCUT2D eigenvalue weighted by Gasteiger charge is 2.21. The zero-order chi connectivity index (χ0) is 6.69. The van der Waals surface area contributed by atoms with Crippen molar-refractivity contribution in [2.75, 3.05) is 19.8 Å². The predicted octanol–water partition coefficient (Wildman–Crippen LogP) is -1.22. The molecule has 1 aliphatic rings. The Balaban J connectivity index is 2.31. The van der Waals surface area contributed by atoms with Gasteiger partial charge in [-0.25, -0.2) is 0 Å². The van der Waals surface area contributed by atoms with Crippen molar-refractivity contribution in [3.05, 3.63) is 10.1 Å². The average molecular weight is 131 g/mol. The molecule has 0 amide bonds. The second-order valence-corrected chi connectivity index (χ2v) is 2.02. The summed E-state index contributed by atoms with van der Waals surface area (Å²) >= 11 is 0. The normalized spacial score (nSPS) is 21.8. The maximum Gasteiger partial charge on any atom is 0.237 e. The maximum atomic E-state index is 10.1. The molecule has 5 heteroatoms. The lowest BCUT2D eigenvalue weighted by Gasteiger charge is -2.16. The van der Waals surface area contributed by atoms with Crippen LogP contribution in [0, 0.1) is 10.1 Å². The minimum atomic E-state index is -0.446. The third kappa shape index (κ3) is 1.62. The summed E-state index contributed by atoms with van der Waals surface area (Å²) in [6.07, 6.45) is 0. The molecule has 0 saturated carbocycles. The lowest BCUT2D eigenvalue weighted by atomic mass is 10.3. The first-order valence-electron chi connectivity index (χ1n) is 2.85. The molecule has 5 nitrogen and oxygen atoms in total. The Morgan fingerprint density at radius 3 is 2.33 bits per heavy atom. The van der Waals surface area contributed by atoms with E-state index in [-0.39, 0.29) is 4.92 Å². The Hall–Kier alpha value is -0.680. The third-order valence-electron chi connectivity index (χ3n) is 1.31. The summed E-state index contributed by atoms with van der Waals surface area (Å²) in [5.74, 6) is 0. The van der Waals surface area contributed by atoms with E-state index < -0.39 is 6.04 Å². The minimum absolute atomic E-state index is 0.265. The molecule has 1 aliphatic heterocycles. The zero-order valence-corrected chi connectivity index (χ0v) is 4.96. The van der Waals surface area contributed by atoms with E-state index in [2.05, 4.69) is 10.6 Å². The Morgan fingerprint density at radius 2 is 2.00 bits per heavy atom.